The van der Waals surface area contributed by atoms with Crippen LogP contribution in [0.15, 0.2) is 84.9 Å². The molecule has 172 valence electrons. The molecule has 0 atom stereocenters. The highest BCUT2D eigenvalue weighted by Crippen LogP contribution is 2.34. The molecule has 0 aliphatic rings. The minimum absolute atomic E-state index is 0. The van der Waals surface area contributed by atoms with E-state index in [1.54, 1.807) is 12.1 Å². The summed E-state index contributed by atoms with van der Waals surface area (Å²) >= 11 is 0. The van der Waals surface area contributed by atoms with E-state index in [1.165, 1.54) is 18.2 Å². The summed E-state index contributed by atoms with van der Waals surface area (Å²) in [6.07, 6.45) is -2.83. The van der Waals surface area contributed by atoms with Crippen LogP contribution in [-0.4, -0.2) is 13.1 Å². The minimum atomic E-state index is -4.35. The van der Waals surface area contributed by atoms with Crippen LogP contribution >= 0.6 is 12.4 Å². The zero-order valence-electron chi connectivity index (χ0n) is 17.8. The zero-order valence-corrected chi connectivity index (χ0v) is 18.6. The maximum atomic E-state index is 13.3. The number of halogens is 5. The molecule has 1 nitrogen and oxygen atoms in total. The second-order valence-electron chi connectivity index (χ2n) is 7.82. The number of benzene rings is 4. The lowest BCUT2D eigenvalue weighted by atomic mass is 9.94. The Bertz CT molecular complexity index is 1200. The van der Waals surface area contributed by atoms with E-state index in [4.69, 9.17) is 0 Å². The monoisotopic (exact) mass is 473 g/mol. The van der Waals surface area contributed by atoms with E-state index in [9.17, 15) is 17.6 Å². The molecular weight excluding hydrogens is 450 g/mol. The zero-order chi connectivity index (χ0) is 22.6. The number of hydrogen-bond donors (Lipinski definition) is 1. The van der Waals surface area contributed by atoms with E-state index < -0.39 is 11.7 Å². The smallest absolute Gasteiger partial charge is 0.316 e. The Morgan fingerprint density at radius 1 is 0.697 bits per heavy atom. The molecule has 4 aromatic rings. The van der Waals surface area contributed by atoms with Gasteiger partial charge in [-0.25, -0.2) is 4.39 Å². The summed E-state index contributed by atoms with van der Waals surface area (Å²) in [5, 5.41) is 5.45. The molecule has 0 amide bonds. The third-order valence-corrected chi connectivity index (χ3v) is 5.51. The SMILES string of the molecule is Cl.Fc1cccc(CCNCCc2cc(-c3ccc(C(F)(F)F)cc3)c3ccccc3c2)c1. The number of nitrogens with one attached hydrogen (secondary N) is 1. The lowest BCUT2D eigenvalue weighted by Gasteiger charge is -2.13. The van der Waals surface area contributed by atoms with Crippen molar-refractivity contribution in [2.24, 2.45) is 0 Å². The highest BCUT2D eigenvalue weighted by molar-refractivity contribution is 5.97. The van der Waals surface area contributed by atoms with Crippen molar-refractivity contribution in [2.75, 3.05) is 13.1 Å². The number of rotatable bonds is 7. The lowest BCUT2D eigenvalue weighted by Crippen LogP contribution is -2.20. The molecule has 0 saturated carbocycles. The summed E-state index contributed by atoms with van der Waals surface area (Å²) in [7, 11) is 0. The van der Waals surface area contributed by atoms with Gasteiger partial charge >= 0.3 is 6.18 Å². The van der Waals surface area contributed by atoms with Crippen molar-refractivity contribution in [1.82, 2.24) is 5.32 Å². The molecule has 33 heavy (non-hydrogen) atoms. The van der Waals surface area contributed by atoms with Crippen molar-refractivity contribution in [3.05, 3.63) is 107 Å². The van der Waals surface area contributed by atoms with Gasteiger partial charge in [-0.05, 0) is 83.2 Å². The van der Waals surface area contributed by atoms with Gasteiger partial charge in [-0.1, -0.05) is 60.7 Å². The molecule has 0 bridgehead atoms. The molecule has 0 aliphatic carbocycles. The highest BCUT2D eigenvalue weighted by atomic mass is 35.5. The molecule has 4 rings (SSSR count). The average molecular weight is 474 g/mol. The average Bonchev–Trinajstić information content (AvgIpc) is 2.78. The van der Waals surface area contributed by atoms with Gasteiger partial charge in [-0.2, -0.15) is 13.2 Å². The first-order valence-electron chi connectivity index (χ1n) is 10.5. The van der Waals surface area contributed by atoms with Crippen LogP contribution in [-0.2, 0) is 19.0 Å². The highest BCUT2D eigenvalue weighted by Gasteiger charge is 2.30. The van der Waals surface area contributed by atoms with E-state index in [2.05, 4.69) is 17.4 Å². The largest absolute Gasteiger partial charge is 0.416 e. The van der Waals surface area contributed by atoms with Crippen LogP contribution in [0.3, 0.4) is 0 Å². The third kappa shape index (κ3) is 6.34. The molecule has 0 unspecified atom stereocenters. The van der Waals surface area contributed by atoms with E-state index in [-0.39, 0.29) is 18.2 Å². The minimum Gasteiger partial charge on any atom is -0.316 e. The van der Waals surface area contributed by atoms with Crippen molar-refractivity contribution in [1.29, 1.82) is 0 Å². The molecule has 1 N–H and O–H groups in total. The van der Waals surface area contributed by atoms with Gasteiger partial charge in [0.1, 0.15) is 5.82 Å². The van der Waals surface area contributed by atoms with Gasteiger partial charge in [0.05, 0.1) is 5.56 Å². The number of fused-ring (bicyclic) bond motifs is 1. The quantitative estimate of drug-likeness (QED) is 0.217. The fourth-order valence-corrected chi connectivity index (χ4v) is 3.88. The van der Waals surface area contributed by atoms with Gasteiger partial charge in [0.25, 0.3) is 0 Å². The van der Waals surface area contributed by atoms with Crippen LogP contribution in [0.25, 0.3) is 21.9 Å². The van der Waals surface area contributed by atoms with Crippen molar-refractivity contribution in [3.8, 4) is 11.1 Å². The Hall–Kier alpha value is -2.89. The van der Waals surface area contributed by atoms with Crippen LogP contribution < -0.4 is 5.32 Å². The molecule has 0 aromatic heterocycles. The Labute approximate surface area is 196 Å². The first kappa shape index (κ1) is 24.7. The normalized spacial score (nSPS) is 11.4. The molecule has 0 spiro atoms. The van der Waals surface area contributed by atoms with Gasteiger partial charge in [-0.15, -0.1) is 12.4 Å². The van der Waals surface area contributed by atoms with Crippen LogP contribution in [0.4, 0.5) is 17.6 Å². The van der Waals surface area contributed by atoms with Crippen LogP contribution in [0.5, 0.6) is 0 Å². The fourth-order valence-electron chi connectivity index (χ4n) is 3.88. The first-order valence-corrected chi connectivity index (χ1v) is 10.5. The molecule has 0 saturated heterocycles. The Kier molecular flexibility index (Phi) is 8.11. The second-order valence-corrected chi connectivity index (χ2v) is 7.82. The maximum absolute atomic E-state index is 13.3. The Balaban J connectivity index is 0.00000306. The van der Waals surface area contributed by atoms with Gasteiger partial charge in [0.2, 0.25) is 0 Å². The summed E-state index contributed by atoms with van der Waals surface area (Å²) in [4.78, 5) is 0. The standard InChI is InChI=1S/C27H23F4N.ClH/c28-24-6-3-4-19(17-24)12-14-32-15-13-20-16-22-5-1-2-7-25(22)26(18-20)21-8-10-23(11-9-21)27(29,30)31;/h1-11,16-18,32H,12-15H2;1H. The number of hydrogen-bond acceptors (Lipinski definition) is 1. The molecule has 4 aromatic carbocycles. The maximum Gasteiger partial charge on any atom is 0.416 e. The molecular formula is C27H24ClF4N. The third-order valence-electron chi connectivity index (χ3n) is 5.51. The van der Waals surface area contributed by atoms with Gasteiger partial charge in [0.15, 0.2) is 0 Å². The van der Waals surface area contributed by atoms with Crippen LogP contribution in [0.1, 0.15) is 16.7 Å². The topological polar surface area (TPSA) is 12.0 Å². The molecule has 0 fully saturated rings. The van der Waals surface area contributed by atoms with E-state index >= 15 is 0 Å². The molecule has 6 heteroatoms. The van der Waals surface area contributed by atoms with Crippen molar-refractivity contribution in [2.45, 2.75) is 19.0 Å². The van der Waals surface area contributed by atoms with Crippen molar-refractivity contribution >= 4 is 23.2 Å². The van der Waals surface area contributed by atoms with E-state index in [0.29, 0.717) is 0 Å². The van der Waals surface area contributed by atoms with Gasteiger partial charge < -0.3 is 5.32 Å². The second kappa shape index (κ2) is 10.8. The van der Waals surface area contributed by atoms with E-state index in [0.717, 1.165) is 71.1 Å². The first-order chi connectivity index (χ1) is 15.4. The summed E-state index contributed by atoms with van der Waals surface area (Å²) in [6, 6.07) is 24.0. The Morgan fingerprint density at radius 2 is 1.39 bits per heavy atom. The van der Waals surface area contributed by atoms with Crippen molar-refractivity contribution in [3.63, 3.8) is 0 Å². The van der Waals surface area contributed by atoms with Gasteiger partial charge in [-0.3, -0.25) is 0 Å². The summed E-state index contributed by atoms with van der Waals surface area (Å²) in [5.74, 6) is -0.227. The Morgan fingerprint density at radius 3 is 2.09 bits per heavy atom. The lowest BCUT2D eigenvalue weighted by molar-refractivity contribution is -0.137. The molecule has 0 radical (unpaired) electrons. The van der Waals surface area contributed by atoms with Crippen LogP contribution in [0.2, 0.25) is 0 Å². The van der Waals surface area contributed by atoms with E-state index in [1.807, 2.05) is 30.3 Å². The number of alkyl halides is 3. The van der Waals surface area contributed by atoms with Crippen molar-refractivity contribution < 1.29 is 17.6 Å². The molecule has 0 aliphatic heterocycles. The predicted octanol–water partition coefficient (Wildman–Crippen LogP) is 7.46. The summed E-state index contributed by atoms with van der Waals surface area (Å²) in [6.45, 7) is 1.49. The fraction of sp³-hybridized carbons (Fsp3) is 0.185. The molecule has 0 heterocycles. The van der Waals surface area contributed by atoms with Crippen LogP contribution in [0, 0.1) is 5.82 Å². The predicted molar refractivity (Wildman–Crippen MR) is 128 cm³/mol. The summed E-state index contributed by atoms with van der Waals surface area (Å²) in [5.41, 5.74) is 3.09. The van der Waals surface area contributed by atoms with Gasteiger partial charge in [0, 0.05) is 0 Å². The summed E-state index contributed by atoms with van der Waals surface area (Å²) < 4.78 is 52.1.